The van der Waals surface area contributed by atoms with Gasteiger partial charge < -0.3 is 24.7 Å². The third-order valence-electron chi connectivity index (χ3n) is 4.34. The molecule has 2 aliphatic rings. The monoisotopic (exact) mass is 287 g/mol. The number of ether oxygens (including phenoxy) is 2. The Kier molecular flexibility index (Phi) is 3.45. The van der Waals surface area contributed by atoms with Gasteiger partial charge in [-0.15, -0.1) is 0 Å². The summed E-state index contributed by atoms with van der Waals surface area (Å²) >= 11 is 0. The molecule has 21 heavy (non-hydrogen) atoms. The standard InChI is InChI=1S/C16H21N3O2/c1(4-19-5-2-17-3-6-19)12-11-18-14-10-16-15(9-13(12)14)20-7-8-21-16/h9-11,17-18H,1-8H2. The molecule has 5 heteroatoms. The molecule has 1 aromatic carbocycles. The number of fused-ring (bicyclic) bond motifs is 2. The summed E-state index contributed by atoms with van der Waals surface area (Å²) in [4.78, 5) is 5.88. The molecule has 0 radical (unpaired) electrons. The third-order valence-corrected chi connectivity index (χ3v) is 4.34. The number of piperazine rings is 1. The van der Waals surface area contributed by atoms with E-state index in [1.165, 1.54) is 10.9 Å². The number of nitrogens with one attached hydrogen (secondary N) is 2. The Hall–Kier alpha value is -1.72. The smallest absolute Gasteiger partial charge is 0.163 e. The van der Waals surface area contributed by atoms with Gasteiger partial charge in [-0.25, -0.2) is 0 Å². The van der Waals surface area contributed by atoms with Crippen molar-refractivity contribution in [1.29, 1.82) is 0 Å². The first-order chi connectivity index (χ1) is 10.4. The summed E-state index contributed by atoms with van der Waals surface area (Å²) in [6, 6.07) is 4.17. The minimum atomic E-state index is 0.634. The van der Waals surface area contributed by atoms with E-state index in [0.29, 0.717) is 13.2 Å². The van der Waals surface area contributed by atoms with Crippen molar-refractivity contribution in [2.24, 2.45) is 0 Å². The maximum Gasteiger partial charge on any atom is 0.163 e. The van der Waals surface area contributed by atoms with E-state index in [2.05, 4.69) is 33.5 Å². The lowest BCUT2D eigenvalue weighted by Crippen LogP contribution is -2.44. The van der Waals surface area contributed by atoms with Gasteiger partial charge in [0.05, 0.1) is 0 Å². The zero-order chi connectivity index (χ0) is 14.1. The molecule has 0 spiro atoms. The summed E-state index contributed by atoms with van der Waals surface area (Å²) in [6.07, 6.45) is 3.19. The van der Waals surface area contributed by atoms with Crippen molar-refractivity contribution in [3.05, 3.63) is 23.9 Å². The molecule has 2 aromatic rings. The number of aromatic amines is 1. The van der Waals surface area contributed by atoms with Crippen molar-refractivity contribution < 1.29 is 9.47 Å². The van der Waals surface area contributed by atoms with Gasteiger partial charge in [0.1, 0.15) is 13.2 Å². The number of nitrogens with zero attached hydrogens (tertiary/aromatic N) is 1. The van der Waals surface area contributed by atoms with Crippen molar-refractivity contribution in [2.75, 3.05) is 45.9 Å². The van der Waals surface area contributed by atoms with Gasteiger partial charge in [-0.05, 0) is 18.1 Å². The summed E-state index contributed by atoms with van der Waals surface area (Å²) in [7, 11) is 0. The number of rotatable bonds is 3. The molecule has 0 saturated carbocycles. The maximum absolute atomic E-state index is 5.69. The average Bonchev–Trinajstić information content (AvgIpc) is 2.94. The van der Waals surface area contributed by atoms with Gasteiger partial charge in [-0.1, -0.05) is 0 Å². The van der Waals surface area contributed by atoms with Crippen LogP contribution in [-0.4, -0.2) is 55.8 Å². The number of H-pyrrole nitrogens is 1. The highest BCUT2D eigenvalue weighted by atomic mass is 16.6. The fourth-order valence-corrected chi connectivity index (χ4v) is 3.14. The van der Waals surface area contributed by atoms with Crippen LogP contribution in [-0.2, 0) is 6.42 Å². The second-order valence-electron chi connectivity index (χ2n) is 5.70. The zero-order valence-electron chi connectivity index (χ0n) is 12.2. The molecule has 0 bridgehead atoms. The molecule has 1 saturated heterocycles. The Morgan fingerprint density at radius 3 is 2.62 bits per heavy atom. The molecule has 0 unspecified atom stereocenters. The molecular weight excluding hydrogens is 266 g/mol. The molecule has 0 aliphatic carbocycles. The molecule has 3 heterocycles. The van der Waals surface area contributed by atoms with E-state index in [9.17, 15) is 0 Å². The molecule has 4 rings (SSSR count). The van der Waals surface area contributed by atoms with Crippen LogP contribution in [0.5, 0.6) is 11.5 Å². The van der Waals surface area contributed by atoms with Crippen LogP contribution in [0.3, 0.4) is 0 Å². The quantitative estimate of drug-likeness (QED) is 0.895. The average molecular weight is 287 g/mol. The Balaban J connectivity index is 1.54. The van der Waals surface area contributed by atoms with Gasteiger partial charge in [0.2, 0.25) is 0 Å². The molecule has 2 aliphatic heterocycles. The third kappa shape index (κ3) is 2.59. The van der Waals surface area contributed by atoms with Gasteiger partial charge in [0.15, 0.2) is 11.5 Å². The van der Waals surface area contributed by atoms with Crippen molar-refractivity contribution in [1.82, 2.24) is 15.2 Å². The maximum atomic E-state index is 5.69. The van der Waals surface area contributed by atoms with Crippen molar-refractivity contribution in [2.45, 2.75) is 6.42 Å². The van der Waals surface area contributed by atoms with Crippen molar-refractivity contribution >= 4 is 10.9 Å². The van der Waals surface area contributed by atoms with E-state index in [0.717, 1.165) is 56.2 Å². The number of aromatic nitrogens is 1. The fraction of sp³-hybridized carbons (Fsp3) is 0.500. The molecule has 0 atom stereocenters. The lowest BCUT2D eigenvalue weighted by atomic mass is 10.1. The fourth-order valence-electron chi connectivity index (χ4n) is 3.14. The normalized spacial score (nSPS) is 19.0. The molecule has 0 amide bonds. The first-order valence-electron chi connectivity index (χ1n) is 7.73. The van der Waals surface area contributed by atoms with E-state index < -0.39 is 0 Å². The second-order valence-corrected chi connectivity index (χ2v) is 5.70. The van der Waals surface area contributed by atoms with E-state index in [4.69, 9.17) is 9.47 Å². The van der Waals surface area contributed by atoms with Crippen LogP contribution < -0.4 is 14.8 Å². The summed E-state index contributed by atoms with van der Waals surface area (Å²) in [5.41, 5.74) is 2.50. The van der Waals surface area contributed by atoms with Crippen molar-refractivity contribution in [3.8, 4) is 11.5 Å². The topological polar surface area (TPSA) is 49.5 Å². The minimum Gasteiger partial charge on any atom is -0.486 e. The van der Waals surface area contributed by atoms with Crippen LogP contribution in [0, 0.1) is 0 Å². The van der Waals surface area contributed by atoms with E-state index >= 15 is 0 Å². The number of hydrogen-bond donors (Lipinski definition) is 2. The second kappa shape index (κ2) is 5.58. The largest absolute Gasteiger partial charge is 0.486 e. The first-order valence-corrected chi connectivity index (χ1v) is 7.73. The predicted molar refractivity (Wildman–Crippen MR) is 82.3 cm³/mol. The highest BCUT2D eigenvalue weighted by Crippen LogP contribution is 2.35. The molecule has 1 fully saturated rings. The predicted octanol–water partition coefficient (Wildman–Crippen LogP) is 1.39. The van der Waals surface area contributed by atoms with Crippen LogP contribution >= 0.6 is 0 Å². The van der Waals surface area contributed by atoms with E-state index in [1.807, 2.05) is 0 Å². The SMILES string of the molecule is c1[nH]c2cc3c(cc2c1CCN1CCNCC1)OCCO3. The molecular formula is C16H21N3O2. The zero-order valence-corrected chi connectivity index (χ0v) is 12.2. The lowest BCUT2D eigenvalue weighted by Gasteiger charge is -2.27. The van der Waals surface area contributed by atoms with Gasteiger partial charge in [-0.3, -0.25) is 0 Å². The molecule has 2 N–H and O–H groups in total. The number of hydrogen-bond acceptors (Lipinski definition) is 4. The minimum absolute atomic E-state index is 0.634. The lowest BCUT2D eigenvalue weighted by molar-refractivity contribution is 0.172. The Morgan fingerprint density at radius 2 is 1.81 bits per heavy atom. The Morgan fingerprint density at radius 1 is 1.05 bits per heavy atom. The van der Waals surface area contributed by atoms with Gasteiger partial charge in [-0.2, -0.15) is 0 Å². The summed E-state index contributed by atoms with van der Waals surface area (Å²) in [5.74, 6) is 1.72. The summed E-state index contributed by atoms with van der Waals surface area (Å²) in [5, 5.41) is 4.65. The van der Waals surface area contributed by atoms with E-state index in [1.54, 1.807) is 0 Å². The van der Waals surface area contributed by atoms with Crippen molar-refractivity contribution in [3.63, 3.8) is 0 Å². The summed E-state index contributed by atoms with van der Waals surface area (Å²) in [6.45, 7) is 6.89. The van der Waals surface area contributed by atoms with Gasteiger partial charge in [0.25, 0.3) is 0 Å². The summed E-state index contributed by atoms with van der Waals surface area (Å²) < 4.78 is 11.3. The van der Waals surface area contributed by atoms with Crippen LogP contribution in [0.15, 0.2) is 18.3 Å². The van der Waals surface area contributed by atoms with Crippen LogP contribution in [0.4, 0.5) is 0 Å². The van der Waals surface area contributed by atoms with Crippen LogP contribution in [0.1, 0.15) is 5.56 Å². The van der Waals surface area contributed by atoms with Gasteiger partial charge >= 0.3 is 0 Å². The van der Waals surface area contributed by atoms with Crippen LogP contribution in [0.25, 0.3) is 10.9 Å². The first kappa shape index (κ1) is 13.0. The molecule has 112 valence electrons. The number of benzene rings is 1. The Labute approximate surface area is 124 Å². The van der Waals surface area contributed by atoms with Gasteiger partial charge in [0, 0.05) is 55.9 Å². The van der Waals surface area contributed by atoms with E-state index in [-0.39, 0.29) is 0 Å². The molecule has 5 nitrogen and oxygen atoms in total. The van der Waals surface area contributed by atoms with Crippen LogP contribution in [0.2, 0.25) is 0 Å². The molecule has 1 aromatic heterocycles. The Bertz CT molecular complexity index is 632. The highest BCUT2D eigenvalue weighted by Gasteiger charge is 2.16. The highest BCUT2D eigenvalue weighted by molar-refractivity contribution is 5.86.